The summed E-state index contributed by atoms with van der Waals surface area (Å²) < 4.78 is 17.1. The molecule has 19 heavy (non-hydrogen) atoms. The lowest BCUT2D eigenvalue weighted by atomic mass is 10.4. The van der Waals surface area contributed by atoms with Crippen LogP contribution in [0.5, 0.6) is 0 Å². The maximum absolute atomic E-state index is 11.8. The lowest BCUT2D eigenvalue weighted by molar-refractivity contribution is 0.0376. The molecule has 0 aliphatic heterocycles. The molecule has 0 aliphatic rings. The van der Waals surface area contributed by atoms with Gasteiger partial charge >= 0.3 is 5.97 Å². The summed E-state index contributed by atoms with van der Waals surface area (Å²) in [5.74, 6) is -0.351. The molecule has 1 rings (SSSR count). The number of aromatic nitrogens is 1. The van der Waals surface area contributed by atoms with E-state index in [1.807, 2.05) is 6.92 Å². The number of methoxy groups -OCH3 is 1. The molecule has 0 radical (unpaired) electrons. The molecule has 108 valence electrons. The molecule has 0 fully saturated rings. The van der Waals surface area contributed by atoms with Gasteiger partial charge < -0.3 is 24.5 Å². The van der Waals surface area contributed by atoms with Crippen LogP contribution in [0.15, 0.2) is 12.3 Å². The van der Waals surface area contributed by atoms with E-state index in [0.717, 1.165) is 0 Å². The molecule has 0 saturated heterocycles. The number of aryl methyl sites for hydroxylation is 1. The van der Waals surface area contributed by atoms with Gasteiger partial charge in [-0.1, -0.05) is 0 Å². The Kier molecular flexibility index (Phi) is 6.99. The Hall–Kier alpha value is -1.53. The van der Waals surface area contributed by atoms with Gasteiger partial charge in [0.2, 0.25) is 0 Å². The van der Waals surface area contributed by atoms with Crippen molar-refractivity contribution in [3.8, 4) is 0 Å². The van der Waals surface area contributed by atoms with Gasteiger partial charge in [0.05, 0.1) is 25.5 Å². The number of anilines is 1. The highest BCUT2D eigenvalue weighted by Crippen LogP contribution is 2.11. The van der Waals surface area contributed by atoms with E-state index >= 15 is 0 Å². The molecule has 0 spiro atoms. The van der Waals surface area contributed by atoms with E-state index in [1.165, 1.54) is 0 Å². The highest BCUT2D eigenvalue weighted by molar-refractivity contribution is 5.89. The summed E-state index contributed by atoms with van der Waals surface area (Å²) >= 11 is 0. The van der Waals surface area contributed by atoms with Crippen LogP contribution in [0.4, 0.5) is 5.69 Å². The molecule has 1 aromatic heterocycles. The third kappa shape index (κ3) is 5.32. The smallest absolute Gasteiger partial charge is 0.355 e. The molecule has 1 aromatic rings. The molecular weight excluding hydrogens is 248 g/mol. The van der Waals surface area contributed by atoms with Gasteiger partial charge in [0.25, 0.3) is 0 Å². The van der Waals surface area contributed by atoms with Crippen molar-refractivity contribution in [3.05, 3.63) is 18.0 Å². The first-order chi connectivity index (χ1) is 9.19. The molecule has 0 amide bonds. The quantitative estimate of drug-likeness (QED) is 0.540. The predicted molar refractivity (Wildman–Crippen MR) is 72.1 cm³/mol. The number of nitrogen functional groups attached to an aromatic ring is 1. The summed E-state index contributed by atoms with van der Waals surface area (Å²) in [5, 5.41) is 0. The molecule has 0 saturated carbocycles. The minimum atomic E-state index is -0.351. The van der Waals surface area contributed by atoms with Crippen LogP contribution in [0.3, 0.4) is 0 Å². The van der Waals surface area contributed by atoms with Crippen molar-refractivity contribution in [2.75, 3.05) is 39.3 Å². The normalized spacial score (nSPS) is 10.6. The van der Waals surface area contributed by atoms with Crippen LogP contribution in [0.1, 0.15) is 23.8 Å². The fraction of sp³-hybridized carbons (Fsp3) is 0.615. The third-order valence-electron chi connectivity index (χ3n) is 2.57. The van der Waals surface area contributed by atoms with E-state index in [4.69, 9.17) is 19.9 Å². The Morgan fingerprint density at radius 2 is 2.11 bits per heavy atom. The summed E-state index contributed by atoms with van der Waals surface area (Å²) in [5.41, 5.74) is 6.71. The molecule has 0 aromatic carbocycles. The van der Waals surface area contributed by atoms with Gasteiger partial charge in [-0.15, -0.1) is 0 Å². The Balaban J connectivity index is 2.24. The minimum Gasteiger partial charge on any atom is -0.461 e. The third-order valence-corrected chi connectivity index (χ3v) is 2.57. The van der Waals surface area contributed by atoms with E-state index in [2.05, 4.69) is 0 Å². The van der Waals surface area contributed by atoms with Gasteiger partial charge in [-0.05, 0) is 13.0 Å². The second kappa shape index (κ2) is 8.55. The topological polar surface area (TPSA) is 75.7 Å². The van der Waals surface area contributed by atoms with Gasteiger partial charge in [0.15, 0.2) is 0 Å². The van der Waals surface area contributed by atoms with Crippen molar-refractivity contribution in [1.29, 1.82) is 0 Å². The maximum Gasteiger partial charge on any atom is 0.355 e. The molecule has 0 aliphatic carbocycles. The maximum atomic E-state index is 11.8. The zero-order valence-corrected chi connectivity index (χ0v) is 11.6. The number of rotatable bonds is 9. The van der Waals surface area contributed by atoms with Gasteiger partial charge in [-0.2, -0.15) is 0 Å². The average molecular weight is 270 g/mol. The molecule has 2 N–H and O–H groups in total. The molecular formula is C13H22N2O4. The van der Waals surface area contributed by atoms with Crippen LogP contribution in [0, 0.1) is 0 Å². The summed E-state index contributed by atoms with van der Waals surface area (Å²) in [7, 11) is 1.62. The van der Waals surface area contributed by atoms with E-state index in [0.29, 0.717) is 50.8 Å². The van der Waals surface area contributed by atoms with Gasteiger partial charge in [0.1, 0.15) is 5.69 Å². The largest absolute Gasteiger partial charge is 0.461 e. The van der Waals surface area contributed by atoms with Crippen LogP contribution in [0.2, 0.25) is 0 Å². The Morgan fingerprint density at radius 3 is 2.79 bits per heavy atom. The number of nitrogens with two attached hydrogens (primary N) is 1. The minimum absolute atomic E-state index is 0.334. The number of nitrogens with zero attached hydrogens (tertiary/aromatic N) is 1. The number of carbonyl (C=O) groups is 1. The van der Waals surface area contributed by atoms with Crippen LogP contribution >= 0.6 is 0 Å². The first kappa shape index (κ1) is 15.5. The molecule has 6 heteroatoms. The van der Waals surface area contributed by atoms with Gasteiger partial charge in [-0.25, -0.2) is 4.79 Å². The summed E-state index contributed by atoms with van der Waals surface area (Å²) in [6, 6.07) is 1.63. The zero-order valence-electron chi connectivity index (χ0n) is 11.6. The van der Waals surface area contributed by atoms with Crippen LogP contribution in [0.25, 0.3) is 0 Å². The fourth-order valence-electron chi connectivity index (χ4n) is 1.61. The van der Waals surface area contributed by atoms with Crippen molar-refractivity contribution in [1.82, 2.24) is 4.57 Å². The standard InChI is InChI=1S/C13H22N2O4/c1-3-15-10-11(14)9-12(15)13(16)19-6-4-5-18-8-7-17-2/h9-10H,3-8,14H2,1-2H3. The van der Waals surface area contributed by atoms with Crippen LogP contribution in [-0.4, -0.2) is 44.1 Å². The summed E-state index contributed by atoms with van der Waals surface area (Å²) in [6.45, 7) is 4.64. The van der Waals surface area contributed by atoms with E-state index in [1.54, 1.807) is 23.9 Å². The first-order valence-corrected chi connectivity index (χ1v) is 6.38. The predicted octanol–water partition coefficient (Wildman–Crippen LogP) is 1.30. The number of esters is 1. The average Bonchev–Trinajstić information content (AvgIpc) is 2.79. The summed E-state index contributed by atoms with van der Waals surface area (Å²) in [4.78, 5) is 11.8. The Bertz CT molecular complexity index is 390. The zero-order chi connectivity index (χ0) is 14.1. The van der Waals surface area contributed by atoms with Gasteiger partial charge in [0, 0.05) is 32.9 Å². The second-order valence-electron chi connectivity index (χ2n) is 4.04. The second-order valence-corrected chi connectivity index (χ2v) is 4.04. The lowest BCUT2D eigenvalue weighted by Gasteiger charge is -2.07. The van der Waals surface area contributed by atoms with Crippen molar-refractivity contribution in [2.24, 2.45) is 0 Å². The molecule has 0 atom stereocenters. The molecule has 1 heterocycles. The monoisotopic (exact) mass is 270 g/mol. The number of carbonyl (C=O) groups excluding carboxylic acids is 1. The first-order valence-electron chi connectivity index (χ1n) is 6.38. The van der Waals surface area contributed by atoms with E-state index in [-0.39, 0.29) is 5.97 Å². The Labute approximate surface area is 113 Å². The highest BCUT2D eigenvalue weighted by atomic mass is 16.5. The number of hydrogen-bond donors (Lipinski definition) is 1. The molecule has 0 bridgehead atoms. The molecule has 0 unspecified atom stereocenters. The van der Waals surface area contributed by atoms with Gasteiger partial charge in [-0.3, -0.25) is 0 Å². The fourth-order valence-corrected chi connectivity index (χ4v) is 1.61. The number of ether oxygens (including phenoxy) is 3. The molecule has 6 nitrogen and oxygen atoms in total. The Morgan fingerprint density at radius 1 is 1.32 bits per heavy atom. The number of hydrogen-bond acceptors (Lipinski definition) is 5. The van der Waals surface area contributed by atoms with Crippen molar-refractivity contribution in [2.45, 2.75) is 19.9 Å². The van der Waals surface area contributed by atoms with Crippen LogP contribution in [-0.2, 0) is 20.8 Å². The SMILES string of the molecule is CCn1cc(N)cc1C(=O)OCCCOCCOC. The highest BCUT2D eigenvalue weighted by Gasteiger charge is 2.13. The van der Waals surface area contributed by atoms with Crippen molar-refractivity contribution < 1.29 is 19.0 Å². The van der Waals surface area contributed by atoms with Crippen LogP contribution < -0.4 is 5.73 Å². The van der Waals surface area contributed by atoms with Crippen molar-refractivity contribution >= 4 is 11.7 Å². The van der Waals surface area contributed by atoms with E-state index < -0.39 is 0 Å². The lowest BCUT2D eigenvalue weighted by Crippen LogP contribution is -2.13. The van der Waals surface area contributed by atoms with E-state index in [9.17, 15) is 4.79 Å². The van der Waals surface area contributed by atoms with Crippen molar-refractivity contribution in [3.63, 3.8) is 0 Å². The summed E-state index contributed by atoms with van der Waals surface area (Å²) in [6.07, 6.45) is 2.39.